The van der Waals surface area contributed by atoms with Crippen LogP contribution in [0.1, 0.15) is 33.5 Å². The zero-order valence-corrected chi connectivity index (χ0v) is 17.0. The molecule has 0 fully saturated rings. The molecule has 0 aliphatic carbocycles. The molecule has 3 aromatic rings. The molecule has 1 atom stereocenters. The molecular formula is C25H23N3O3. The molecular weight excluding hydrogens is 390 g/mol. The predicted octanol–water partition coefficient (Wildman–Crippen LogP) is 4.46. The summed E-state index contributed by atoms with van der Waals surface area (Å²) in [5, 5.41) is 6.24. The summed E-state index contributed by atoms with van der Waals surface area (Å²) in [6, 6.07) is 17.3. The number of urea groups is 1. The van der Waals surface area contributed by atoms with E-state index in [1.54, 1.807) is 11.0 Å². The van der Waals surface area contributed by atoms with Crippen LogP contribution < -0.4 is 10.6 Å². The quantitative estimate of drug-likeness (QED) is 0.620. The second-order valence-electron chi connectivity index (χ2n) is 7.90. The van der Waals surface area contributed by atoms with Crippen LogP contribution in [0.3, 0.4) is 0 Å². The number of ketones is 1. The van der Waals surface area contributed by atoms with Gasteiger partial charge >= 0.3 is 6.03 Å². The molecule has 2 aliphatic rings. The molecule has 2 aliphatic heterocycles. The summed E-state index contributed by atoms with van der Waals surface area (Å²) in [6.07, 6.45) is 5.72. The fourth-order valence-corrected chi connectivity index (χ4v) is 4.17. The molecule has 1 aromatic heterocycles. The van der Waals surface area contributed by atoms with Gasteiger partial charge in [0.05, 0.1) is 17.9 Å². The number of nitrogens with zero attached hydrogens (tertiary/aromatic N) is 1. The number of hydrogen-bond donors (Lipinski definition) is 2. The van der Waals surface area contributed by atoms with Gasteiger partial charge in [0, 0.05) is 25.3 Å². The van der Waals surface area contributed by atoms with Gasteiger partial charge in [0.1, 0.15) is 6.26 Å². The Morgan fingerprint density at radius 2 is 1.74 bits per heavy atom. The molecule has 0 saturated carbocycles. The number of fused-ring (bicyclic) bond motifs is 1. The van der Waals surface area contributed by atoms with Gasteiger partial charge in [-0.1, -0.05) is 42.5 Å². The van der Waals surface area contributed by atoms with Crippen LogP contribution in [0.4, 0.5) is 10.5 Å². The van der Waals surface area contributed by atoms with Gasteiger partial charge in [-0.3, -0.25) is 4.79 Å². The summed E-state index contributed by atoms with van der Waals surface area (Å²) < 4.78 is 5.04. The summed E-state index contributed by atoms with van der Waals surface area (Å²) in [5.74, 6) is 0.0369. The van der Waals surface area contributed by atoms with Crippen molar-refractivity contribution in [3.05, 3.63) is 95.5 Å². The first-order valence-electron chi connectivity index (χ1n) is 10.4. The Bertz CT molecular complexity index is 1110. The van der Waals surface area contributed by atoms with E-state index in [1.165, 1.54) is 23.7 Å². The predicted molar refractivity (Wildman–Crippen MR) is 119 cm³/mol. The highest BCUT2D eigenvalue weighted by molar-refractivity contribution is 6.01. The fraction of sp³-hybridized carbons (Fsp3) is 0.200. The van der Waals surface area contributed by atoms with E-state index in [-0.39, 0.29) is 17.9 Å². The van der Waals surface area contributed by atoms with E-state index >= 15 is 0 Å². The second kappa shape index (κ2) is 8.24. The van der Waals surface area contributed by atoms with Gasteiger partial charge in [-0.05, 0) is 46.9 Å². The Balaban J connectivity index is 1.22. The van der Waals surface area contributed by atoms with Crippen molar-refractivity contribution in [2.24, 2.45) is 0 Å². The minimum Gasteiger partial charge on any atom is -0.472 e. The average Bonchev–Trinajstić information content (AvgIpc) is 3.49. The third-order valence-corrected chi connectivity index (χ3v) is 5.89. The summed E-state index contributed by atoms with van der Waals surface area (Å²) in [5.41, 5.74) is 5.91. The van der Waals surface area contributed by atoms with Crippen molar-refractivity contribution in [2.45, 2.75) is 25.6 Å². The van der Waals surface area contributed by atoms with Crippen molar-refractivity contribution in [2.75, 3.05) is 11.9 Å². The molecule has 2 amide bonds. The topological polar surface area (TPSA) is 74.6 Å². The standard InChI is InChI=1S/C25H23N3O3/c29-24(21-10-12-31-16-21)23-13-18(9-11-26-23)17-5-7-22(8-6-17)27-25(30)28-14-19-3-1-2-4-20(19)15-28/h1-10,12,16,23,26H,11,13-15H2,(H,27,30). The van der Waals surface area contributed by atoms with Crippen LogP contribution in [0.25, 0.3) is 5.57 Å². The van der Waals surface area contributed by atoms with Crippen LogP contribution in [0, 0.1) is 0 Å². The Kier molecular flexibility index (Phi) is 5.14. The monoisotopic (exact) mass is 413 g/mol. The van der Waals surface area contributed by atoms with Crippen LogP contribution in [0.5, 0.6) is 0 Å². The van der Waals surface area contributed by atoms with Gasteiger partial charge in [-0.15, -0.1) is 0 Å². The zero-order chi connectivity index (χ0) is 21.2. The van der Waals surface area contributed by atoms with Gasteiger partial charge in [-0.25, -0.2) is 4.79 Å². The van der Waals surface area contributed by atoms with Crippen LogP contribution in [0.15, 0.2) is 77.6 Å². The van der Waals surface area contributed by atoms with E-state index in [0.29, 0.717) is 31.6 Å². The first-order chi connectivity index (χ1) is 15.2. The normalized spacial score (nSPS) is 17.7. The van der Waals surface area contributed by atoms with Crippen LogP contribution in [-0.2, 0) is 13.1 Å². The molecule has 156 valence electrons. The number of rotatable bonds is 4. The van der Waals surface area contributed by atoms with Crippen molar-refractivity contribution in [1.82, 2.24) is 10.2 Å². The van der Waals surface area contributed by atoms with Crippen molar-refractivity contribution in [3.63, 3.8) is 0 Å². The Morgan fingerprint density at radius 1 is 1.00 bits per heavy atom. The minimum absolute atomic E-state index is 0.0369. The number of hydrogen-bond acceptors (Lipinski definition) is 4. The minimum atomic E-state index is -0.270. The number of carbonyl (C=O) groups excluding carboxylic acids is 2. The Morgan fingerprint density at radius 3 is 2.42 bits per heavy atom. The van der Waals surface area contributed by atoms with Crippen molar-refractivity contribution in [3.8, 4) is 0 Å². The number of carbonyl (C=O) groups is 2. The average molecular weight is 413 g/mol. The smallest absolute Gasteiger partial charge is 0.322 e. The number of anilines is 1. The van der Waals surface area contributed by atoms with Gasteiger partial charge in [0.15, 0.2) is 5.78 Å². The number of nitrogens with one attached hydrogen (secondary N) is 2. The molecule has 0 saturated heterocycles. The summed E-state index contributed by atoms with van der Waals surface area (Å²) in [4.78, 5) is 27.1. The SMILES string of the molecule is O=C(c1ccoc1)C1CC(c2ccc(NC(=O)N3Cc4ccccc4C3)cc2)=CCN1. The third-order valence-electron chi connectivity index (χ3n) is 5.89. The van der Waals surface area contributed by atoms with Gasteiger partial charge < -0.3 is 20.0 Å². The van der Waals surface area contributed by atoms with Crippen molar-refractivity contribution < 1.29 is 14.0 Å². The van der Waals surface area contributed by atoms with E-state index in [0.717, 1.165) is 16.8 Å². The van der Waals surface area contributed by atoms with E-state index in [2.05, 4.69) is 28.8 Å². The molecule has 6 nitrogen and oxygen atoms in total. The first kappa shape index (κ1) is 19.3. The molecule has 6 heteroatoms. The lowest BCUT2D eigenvalue weighted by atomic mass is 9.92. The summed E-state index contributed by atoms with van der Waals surface area (Å²) in [6.45, 7) is 1.90. The van der Waals surface area contributed by atoms with E-state index < -0.39 is 0 Å². The molecule has 0 radical (unpaired) electrons. The van der Waals surface area contributed by atoms with Crippen LogP contribution in [-0.4, -0.2) is 29.3 Å². The molecule has 31 heavy (non-hydrogen) atoms. The van der Waals surface area contributed by atoms with E-state index in [4.69, 9.17) is 4.42 Å². The van der Waals surface area contributed by atoms with Crippen LogP contribution >= 0.6 is 0 Å². The lowest BCUT2D eigenvalue weighted by Crippen LogP contribution is -2.39. The molecule has 0 bridgehead atoms. The van der Waals surface area contributed by atoms with Gasteiger partial charge in [0.2, 0.25) is 0 Å². The molecule has 3 heterocycles. The molecule has 2 N–H and O–H groups in total. The summed E-state index contributed by atoms with van der Waals surface area (Å²) >= 11 is 0. The number of benzene rings is 2. The Labute approximate surface area is 180 Å². The first-order valence-corrected chi connectivity index (χ1v) is 10.4. The third kappa shape index (κ3) is 4.02. The van der Waals surface area contributed by atoms with E-state index in [1.807, 2.05) is 36.4 Å². The summed E-state index contributed by atoms with van der Waals surface area (Å²) in [7, 11) is 0. The largest absolute Gasteiger partial charge is 0.472 e. The highest BCUT2D eigenvalue weighted by Crippen LogP contribution is 2.26. The number of furan rings is 1. The molecule has 0 spiro atoms. The van der Waals surface area contributed by atoms with Crippen LogP contribution in [0.2, 0.25) is 0 Å². The lowest BCUT2D eigenvalue weighted by Gasteiger charge is -2.23. The molecule has 2 aromatic carbocycles. The highest BCUT2D eigenvalue weighted by Gasteiger charge is 2.25. The molecule has 5 rings (SSSR count). The fourth-order valence-electron chi connectivity index (χ4n) is 4.17. The maximum Gasteiger partial charge on any atom is 0.322 e. The zero-order valence-electron chi connectivity index (χ0n) is 17.0. The Hall–Kier alpha value is -3.64. The van der Waals surface area contributed by atoms with Gasteiger partial charge in [-0.2, -0.15) is 0 Å². The second-order valence-corrected chi connectivity index (χ2v) is 7.90. The van der Waals surface area contributed by atoms with Crippen molar-refractivity contribution >= 4 is 23.1 Å². The number of Topliss-reactive ketones (excluding diaryl/α,β-unsaturated/α-hetero) is 1. The highest BCUT2D eigenvalue weighted by atomic mass is 16.3. The lowest BCUT2D eigenvalue weighted by molar-refractivity contribution is 0.0944. The maximum atomic E-state index is 12.7. The van der Waals surface area contributed by atoms with E-state index in [9.17, 15) is 9.59 Å². The maximum absolute atomic E-state index is 12.7. The van der Waals surface area contributed by atoms with Crippen molar-refractivity contribution in [1.29, 1.82) is 0 Å². The van der Waals surface area contributed by atoms with Gasteiger partial charge in [0.25, 0.3) is 0 Å². The molecule has 1 unspecified atom stereocenters. The number of amides is 2.